The fraction of sp³-hybridized carbons (Fsp3) is 0.333. The normalized spacial score (nSPS) is 15.8. The number of ether oxygens (including phenoxy) is 1. The smallest absolute Gasteiger partial charge is 0.165 e. The van der Waals surface area contributed by atoms with E-state index in [0.29, 0.717) is 12.4 Å². The summed E-state index contributed by atoms with van der Waals surface area (Å²) < 4.78 is 18.9. The van der Waals surface area contributed by atoms with Crippen molar-refractivity contribution < 1.29 is 9.13 Å². The Hall–Kier alpha value is -2.77. The molecule has 2 heterocycles. The lowest BCUT2D eigenvalue weighted by atomic mass is 10.2. The van der Waals surface area contributed by atoms with Crippen molar-refractivity contribution in [1.29, 1.82) is 0 Å². The molecule has 7 heteroatoms. The van der Waals surface area contributed by atoms with Crippen LogP contribution in [0.1, 0.15) is 11.4 Å². The Kier molecular flexibility index (Phi) is 5.36. The van der Waals surface area contributed by atoms with Crippen molar-refractivity contribution in [2.45, 2.75) is 13.1 Å². The van der Waals surface area contributed by atoms with Gasteiger partial charge in [0.15, 0.2) is 11.6 Å². The van der Waals surface area contributed by atoms with Crippen molar-refractivity contribution in [3.63, 3.8) is 0 Å². The predicted molar refractivity (Wildman–Crippen MR) is 107 cm³/mol. The average Bonchev–Trinajstić information content (AvgIpc) is 2.70. The zero-order valence-corrected chi connectivity index (χ0v) is 15.9. The van der Waals surface area contributed by atoms with Gasteiger partial charge in [-0.15, -0.1) is 0 Å². The average molecular weight is 381 g/mol. The maximum absolute atomic E-state index is 13.9. The van der Waals surface area contributed by atoms with Crippen LogP contribution in [-0.4, -0.2) is 53.1 Å². The highest BCUT2D eigenvalue weighted by molar-refractivity contribution is 5.87. The molecule has 0 spiro atoms. The van der Waals surface area contributed by atoms with Crippen LogP contribution in [0.25, 0.3) is 10.9 Å². The fourth-order valence-electron chi connectivity index (χ4n) is 3.59. The molecule has 28 heavy (non-hydrogen) atoms. The summed E-state index contributed by atoms with van der Waals surface area (Å²) >= 11 is 0. The third-order valence-corrected chi connectivity index (χ3v) is 5.13. The first-order chi connectivity index (χ1) is 13.6. The van der Waals surface area contributed by atoms with Gasteiger partial charge in [0.1, 0.15) is 11.6 Å². The number of anilines is 1. The molecule has 146 valence electrons. The monoisotopic (exact) mass is 381 g/mol. The zero-order valence-electron chi connectivity index (χ0n) is 15.9. The number of halogens is 1. The van der Waals surface area contributed by atoms with E-state index in [1.807, 2.05) is 30.3 Å². The van der Waals surface area contributed by atoms with E-state index >= 15 is 0 Å². The zero-order chi connectivity index (χ0) is 19.5. The molecule has 2 aromatic carbocycles. The van der Waals surface area contributed by atoms with Gasteiger partial charge in [0.05, 0.1) is 19.2 Å². The van der Waals surface area contributed by atoms with Crippen LogP contribution in [-0.2, 0) is 13.1 Å². The van der Waals surface area contributed by atoms with Crippen LogP contribution in [0, 0.1) is 5.82 Å². The maximum atomic E-state index is 13.9. The van der Waals surface area contributed by atoms with E-state index in [-0.39, 0.29) is 11.6 Å². The second-order valence-corrected chi connectivity index (χ2v) is 7.06. The molecule has 1 saturated heterocycles. The van der Waals surface area contributed by atoms with Gasteiger partial charge in [0.25, 0.3) is 0 Å². The van der Waals surface area contributed by atoms with Gasteiger partial charge in [-0.1, -0.05) is 18.2 Å². The lowest BCUT2D eigenvalue weighted by molar-refractivity contribution is 0.120. The van der Waals surface area contributed by atoms with Crippen molar-refractivity contribution in [2.75, 3.05) is 39.0 Å². The van der Waals surface area contributed by atoms with Crippen molar-refractivity contribution in [1.82, 2.24) is 19.8 Å². The number of aromatic nitrogens is 2. The molecular formula is C21H24FN5O. The Morgan fingerprint density at radius 1 is 1.00 bits per heavy atom. The van der Waals surface area contributed by atoms with Gasteiger partial charge in [-0.05, 0) is 29.8 Å². The van der Waals surface area contributed by atoms with Gasteiger partial charge < -0.3 is 10.5 Å². The van der Waals surface area contributed by atoms with Crippen molar-refractivity contribution in [3.05, 3.63) is 59.7 Å². The Morgan fingerprint density at radius 2 is 1.71 bits per heavy atom. The summed E-state index contributed by atoms with van der Waals surface area (Å²) in [7, 11) is 1.48. The van der Waals surface area contributed by atoms with E-state index in [4.69, 9.17) is 10.5 Å². The Bertz CT molecular complexity index is 972. The number of hydrogen-bond donors (Lipinski definition) is 1. The molecule has 0 unspecified atom stereocenters. The first-order valence-corrected chi connectivity index (χ1v) is 9.40. The summed E-state index contributed by atoms with van der Waals surface area (Å²) in [4.78, 5) is 13.8. The number of piperazine rings is 1. The molecule has 1 aliphatic heterocycles. The second kappa shape index (κ2) is 8.08. The Labute approximate surface area is 163 Å². The molecule has 1 fully saturated rings. The quantitative estimate of drug-likeness (QED) is 0.733. The molecule has 0 bridgehead atoms. The fourth-order valence-corrected chi connectivity index (χ4v) is 3.59. The molecule has 0 amide bonds. The van der Waals surface area contributed by atoms with Gasteiger partial charge in [0, 0.05) is 38.1 Å². The maximum Gasteiger partial charge on any atom is 0.165 e. The highest BCUT2D eigenvalue weighted by atomic mass is 19.1. The minimum absolute atomic E-state index is 0.281. The second-order valence-electron chi connectivity index (χ2n) is 7.06. The molecule has 0 radical (unpaired) electrons. The lowest BCUT2D eigenvalue weighted by Crippen LogP contribution is -2.45. The molecule has 2 N–H and O–H groups in total. The number of methoxy groups -OCH3 is 1. The van der Waals surface area contributed by atoms with Gasteiger partial charge in [0.2, 0.25) is 0 Å². The van der Waals surface area contributed by atoms with Crippen LogP contribution >= 0.6 is 0 Å². The van der Waals surface area contributed by atoms with E-state index in [2.05, 4.69) is 19.8 Å². The minimum atomic E-state index is -0.315. The number of hydrogen-bond acceptors (Lipinski definition) is 6. The SMILES string of the molecule is COc1ccc(CN2CCN(Cc3nc(N)c4ccccc4n3)CC2)cc1F. The summed E-state index contributed by atoms with van der Waals surface area (Å²) in [5, 5.41) is 0.891. The van der Waals surface area contributed by atoms with Crippen LogP contribution in [0.3, 0.4) is 0 Å². The molecule has 1 aliphatic rings. The number of para-hydroxylation sites is 1. The van der Waals surface area contributed by atoms with Crippen molar-refractivity contribution in [3.8, 4) is 5.75 Å². The summed E-state index contributed by atoms with van der Waals surface area (Å²) in [6.07, 6.45) is 0. The molecule has 6 nitrogen and oxygen atoms in total. The number of rotatable bonds is 5. The lowest BCUT2D eigenvalue weighted by Gasteiger charge is -2.34. The van der Waals surface area contributed by atoms with Crippen LogP contribution in [0.4, 0.5) is 10.2 Å². The number of fused-ring (bicyclic) bond motifs is 1. The minimum Gasteiger partial charge on any atom is -0.494 e. The van der Waals surface area contributed by atoms with Crippen LogP contribution in [0.5, 0.6) is 5.75 Å². The van der Waals surface area contributed by atoms with Crippen LogP contribution in [0.15, 0.2) is 42.5 Å². The first-order valence-electron chi connectivity index (χ1n) is 9.40. The van der Waals surface area contributed by atoms with Gasteiger partial charge >= 0.3 is 0 Å². The van der Waals surface area contributed by atoms with E-state index in [0.717, 1.165) is 55.0 Å². The largest absolute Gasteiger partial charge is 0.494 e. The van der Waals surface area contributed by atoms with Crippen LogP contribution in [0.2, 0.25) is 0 Å². The summed E-state index contributed by atoms with van der Waals surface area (Å²) in [5.41, 5.74) is 7.92. The highest BCUT2D eigenvalue weighted by Gasteiger charge is 2.19. The van der Waals surface area contributed by atoms with E-state index in [1.165, 1.54) is 7.11 Å². The summed E-state index contributed by atoms with van der Waals surface area (Å²) in [5.74, 6) is 1.25. The molecule has 3 aromatic rings. The van der Waals surface area contributed by atoms with Gasteiger partial charge in [-0.2, -0.15) is 0 Å². The Morgan fingerprint density at radius 3 is 2.43 bits per heavy atom. The van der Waals surface area contributed by atoms with Crippen molar-refractivity contribution in [2.24, 2.45) is 0 Å². The summed E-state index contributed by atoms with van der Waals surface area (Å²) in [6.45, 7) is 5.06. The molecule has 4 rings (SSSR count). The van der Waals surface area contributed by atoms with E-state index in [1.54, 1.807) is 12.1 Å². The number of nitrogen functional groups attached to an aromatic ring is 1. The van der Waals surface area contributed by atoms with Gasteiger partial charge in [-0.3, -0.25) is 9.80 Å². The third-order valence-electron chi connectivity index (χ3n) is 5.13. The van der Waals surface area contributed by atoms with Gasteiger partial charge in [-0.25, -0.2) is 14.4 Å². The standard InChI is InChI=1S/C21H24FN5O/c1-28-19-7-6-15(12-17(19)22)13-26-8-10-27(11-9-26)14-20-24-18-5-3-2-4-16(18)21(23)25-20/h2-7,12H,8-11,13-14H2,1H3,(H2,23,24,25). The first kappa shape index (κ1) is 18.6. The Balaban J connectivity index is 1.35. The molecule has 0 atom stereocenters. The molecular weight excluding hydrogens is 357 g/mol. The topological polar surface area (TPSA) is 67.5 Å². The number of nitrogens with two attached hydrogens (primary N) is 1. The molecule has 0 saturated carbocycles. The molecule has 1 aromatic heterocycles. The van der Waals surface area contributed by atoms with Crippen molar-refractivity contribution >= 4 is 16.7 Å². The van der Waals surface area contributed by atoms with E-state index < -0.39 is 0 Å². The van der Waals surface area contributed by atoms with E-state index in [9.17, 15) is 4.39 Å². The summed E-state index contributed by atoms with van der Waals surface area (Å²) in [6, 6.07) is 13.0. The number of nitrogens with zero attached hydrogens (tertiary/aromatic N) is 4. The van der Waals surface area contributed by atoms with Crippen LogP contribution < -0.4 is 10.5 Å². The predicted octanol–water partition coefficient (Wildman–Crippen LogP) is 2.68. The third kappa shape index (κ3) is 4.05. The highest BCUT2D eigenvalue weighted by Crippen LogP contribution is 2.20. The molecule has 0 aliphatic carbocycles. The number of benzene rings is 2.